The molecule has 2 fully saturated rings. The summed E-state index contributed by atoms with van der Waals surface area (Å²) in [6.45, 7) is 6.93. The number of aliphatic imine (C=N–C) groups is 1. The van der Waals surface area contributed by atoms with Crippen LogP contribution in [0, 0.1) is 5.92 Å². The first-order valence-electron chi connectivity index (χ1n) is 10.5. The lowest BCUT2D eigenvalue weighted by atomic mass is 9.83. The SMILES string of the molecule is CCCN1CCC(NC(=NC)NCC(C2CCCCC2)N(C)C)CC1. The highest BCUT2D eigenvalue weighted by Gasteiger charge is 2.26. The number of guanidine groups is 1. The van der Waals surface area contributed by atoms with Crippen molar-refractivity contribution in [1.82, 2.24) is 20.4 Å². The lowest BCUT2D eigenvalue weighted by Gasteiger charge is -2.36. The van der Waals surface area contributed by atoms with Gasteiger partial charge < -0.3 is 20.4 Å². The van der Waals surface area contributed by atoms with Gasteiger partial charge in [-0.25, -0.2) is 0 Å². The molecule has 0 bridgehead atoms. The maximum Gasteiger partial charge on any atom is 0.191 e. The van der Waals surface area contributed by atoms with Gasteiger partial charge in [0.25, 0.3) is 0 Å². The Balaban J connectivity index is 1.77. The molecule has 0 radical (unpaired) electrons. The molecule has 25 heavy (non-hydrogen) atoms. The van der Waals surface area contributed by atoms with E-state index < -0.39 is 0 Å². The molecule has 1 aliphatic heterocycles. The smallest absolute Gasteiger partial charge is 0.191 e. The fourth-order valence-electron chi connectivity index (χ4n) is 4.50. The van der Waals surface area contributed by atoms with Crippen LogP contribution in [-0.2, 0) is 0 Å². The summed E-state index contributed by atoms with van der Waals surface area (Å²) < 4.78 is 0. The zero-order chi connectivity index (χ0) is 18.1. The first-order chi connectivity index (χ1) is 12.1. The standard InChI is InChI=1S/C20H41N5/c1-5-13-25-14-11-18(12-15-25)23-20(21-2)22-16-19(24(3)4)17-9-7-6-8-10-17/h17-19H,5-16H2,1-4H3,(H2,21,22,23). The molecular formula is C20H41N5. The van der Waals surface area contributed by atoms with Gasteiger partial charge in [0.1, 0.15) is 0 Å². The van der Waals surface area contributed by atoms with Gasteiger partial charge >= 0.3 is 0 Å². The van der Waals surface area contributed by atoms with Crippen molar-refractivity contribution in [3.8, 4) is 0 Å². The highest BCUT2D eigenvalue weighted by molar-refractivity contribution is 5.80. The van der Waals surface area contributed by atoms with Crippen LogP contribution in [0.15, 0.2) is 4.99 Å². The highest BCUT2D eigenvalue weighted by atomic mass is 15.2. The maximum absolute atomic E-state index is 4.48. The summed E-state index contributed by atoms with van der Waals surface area (Å²) in [6.07, 6.45) is 10.7. The number of piperidine rings is 1. The number of rotatable bonds is 7. The van der Waals surface area contributed by atoms with E-state index in [9.17, 15) is 0 Å². The zero-order valence-electron chi connectivity index (χ0n) is 17.1. The van der Waals surface area contributed by atoms with E-state index in [1.54, 1.807) is 0 Å². The second kappa shape index (κ2) is 11.0. The molecule has 2 rings (SSSR count). The third-order valence-electron chi connectivity index (χ3n) is 6.03. The van der Waals surface area contributed by atoms with Gasteiger partial charge in [0.15, 0.2) is 5.96 Å². The predicted octanol–water partition coefficient (Wildman–Crippen LogP) is 2.54. The van der Waals surface area contributed by atoms with E-state index in [0.29, 0.717) is 12.1 Å². The molecule has 0 amide bonds. The van der Waals surface area contributed by atoms with E-state index in [-0.39, 0.29) is 0 Å². The van der Waals surface area contributed by atoms with Crippen LogP contribution in [0.5, 0.6) is 0 Å². The summed E-state index contributed by atoms with van der Waals surface area (Å²) in [5.74, 6) is 1.81. The van der Waals surface area contributed by atoms with Gasteiger partial charge in [0, 0.05) is 38.8 Å². The number of hydrogen-bond donors (Lipinski definition) is 2. The Hall–Kier alpha value is -0.810. The molecule has 1 atom stereocenters. The van der Waals surface area contributed by atoms with Crippen LogP contribution in [0.25, 0.3) is 0 Å². The van der Waals surface area contributed by atoms with Crippen LogP contribution in [0.1, 0.15) is 58.3 Å². The Labute approximate surface area is 155 Å². The summed E-state index contributed by atoms with van der Waals surface area (Å²) in [6, 6.07) is 1.16. The first-order valence-corrected chi connectivity index (χ1v) is 10.5. The quantitative estimate of drug-likeness (QED) is 0.546. The minimum absolute atomic E-state index is 0.562. The van der Waals surface area contributed by atoms with Crippen LogP contribution < -0.4 is 10.6 Å². The zero-order valence-corrected chi connectivity index (χ0v) is 17.1. The molecule has 1 aliphatic carbocycles. The number of hydrogen-bond acceptors (Lipinski definition) is 3. The van der Waals surface area contributed by atoms with Crippen LogP contribution >= 0.6 is 0 Å². The molecule has 5 nitrogen and oxygen atoms in total. The fourth-order valence-corrected chi connectivity index (χ4v) is 4.50. The monoisotopic (exact) mass is 351 g/mol. The number of nitrogens with one attached hydrogen (secondary N) is 2. The van der Waals surface area contributed by atoms with E-state index in [4.69, 9.17) is 0 Å². The Bertz CT molecular complexity index is 382. The van der Waals surface area contributed by atoms with Crippen molar-refractivity contribution in [3.63, 3.8) is 0 Å². The van der Waals surface area contributed by atoms with Crippen molar-refractivity contribution in [2.45, 2.75) is 70.4 Å². The summed E-state index contributed by atoms with van der Waals surface area (Å²) in [5, 5.41) is 7.27. The normalized spacial score (nSPS) is 23.0. The van der Waals surface area contributed by atoms with Crippen LogP contribution in [0.4, 0.5) is 0 Å². The molecule has 0 aromatic heterocycles. The van der Waals surface area contributed by atoms with Gasteiger partial charge in [0.2, 0.25) is 0 Å². The molecule has 146 valence electrons. The van der Waals surface area contributed by atoms with Gasteiger partial charge in [-0.3, -0.25) is 4.99 Å². The molecule has 1 unspecified atom stereocenters. The largest absolute Gasteiger partial charge is 0.355 e. The minimum Gasteiger partial charge on any atom is -0.355 e. The molecule has 0 aromatic carbocycles. The Morgan fingerprint density at radius 2 is 1.80 bits per heavy atom. The molecule has 0 aromatic rings. The first kappa shape index (κ1) is 20.5. The van der Waals surface area contributed by atoms with Crippen LogP contribution in [0.2, 0.25) is 0 Å². The van der Waals surface area contributed by atoms with Gasteiger partial charge in [-0.15, -0.1) is 0 Å². The lowest BCUT2D eigenvalue weighted by molar-refractivity contribution is 0.170. The summed E-state index contributed by atoms with van der Waals surface area (Å²) in [4.78, 5) is 9.46. The van der Waals surface area contributed by atoms with Crippen molar-refractivity contribution in [2.75, 3.05) is 47.3 Å². The fraction of sp³-hybridized carbons (Fsp3) is 0.950. The molecule has 5 heteroatoms. The Kier molecular flexibility index (Phi) is 9.04. The maximum atomic E-state index is 4.48. The van der Waals surface area contributed by atoms with E-state index in [2.05, 4.69) is 46.4 Å². The lowest BCUT2D eigenvalue weighted by Crippen LogP contribution is -2.52. The highest BCUT2D eigenvalue weighted by Crippen LogP contribution is 2.28. The Morgan fingerprint density at radius 3 is 2.36 bits per heavy atom. The number of nitrogens with zero attached hydrogens (tertiary/aromatic N) is 3. The van der Waals surface area contributed by atoms with Crippen molar-refractivity contribution in [3.05, 3.63) is 0 Å². The topological polar surface area (TPSA) is 42.9 Å². The minimum atomic E-state index is 0.562. The number of likely N-dealkylation sites (tertiary alicyclic amines) is 1. The average molecular weight is 352 g/mol. The van der Waals surface area contributed by atoms with E-state index in [0.717, 1.165) is 18.4 Å². The van der Waals surface area contributed by atoms with Gasteiger partial charge in [-0.2, -0.15) is 0 Å². The molecular weight excluding hydrogens is 310 g/mol. The summed E-state index contributed by atoms with van der Waals surface area (Å²) in [7, 11) is 6.34. The second-order valence-electron chi connectivity index (χ2n) is 8.14. The van der Waals surface area contributed by atoms with Crippen molar-refractivity contribution in [2.24, 2.45) is 10.9 Å². The second-order valence-corrected chi connectivity index (χ2v) is 8.14. The molecule has 1 heterocycles. The average Bonchev–Trinajstić information content (AvgIpc) is 2.63. The van der Waals surface area contributed by atoms with E-state index >= 15 is 0 Å². The summed E-state index contributed by atoms with van der Waals surface area (Å²) >= 11 is 0. The molecule has 2 N–H and O–H groups in total. The third-order valence-corrected chi connectivity index (χ3v) is 6.03. The van der Waals surface area contributed by atoms with Crippen LogP contribution in [-0.4, -0.2) is 75.2 Å². The third kappa shape index (κ3) is 6.78. The molecule has 2 aliphatic rings. The molecule has 0 spiro atoms. The van der Waals surface area contributed by atoms with E-state index in [1.807, 2.05) is 7.05 Å². The van der Waals surface area contributed by atoms with Gasteiger partial charge in [-0.1, -0.05) is 26.2 Å². The summed E-state index contributed by atoms with van der Waals surface area (Å²) in [5.41, 5.74) is 0. The Morgan fingerprint density at radius 1 is 1.12 bits per heavy atom. The van der Waals surface area contributed by atoms with Crippen molar-refractivity contribution >= 4 is 5.96 Å². The van der Waals surface area contributed by atoms with Gasteiger partial charge in [0.05, 0.1) is 0 Å². The van der Waals surface area contributed by atoms with Crippen LogP contribution in [0.3, 0.4) is 0 Å². The van der Waals surface area contributed by atoms with Gasteiger partial charge in [-0.05, 0) is 58.7 Å². The number of likely N-dealkylation sites (N-methyl/N-ethyl adjacent to an activating group) is 1. The van der Waals surface area contributed by atoms with Crippen molar-refractivity contribution in [1.29, 1.82) is 0 Å². The molecule has 1 saturated carbocycles. The molecule has 1 saturated heterocycles. The van der Waals surface area contributed by atoms with Crippen molar-refractivity contribution < 1.29 is 0 Å². The predicted molar refractivity (Wildman–Crippen MR) is 108 cm³/mol. The van der Waals surface area contributed by atoms with E-state index in [1.165, 1.54) is 71.0 Å².